The van der Waals surface area contributed by atoms with Gasteiger partial charge in [0.2, 0.25) is 0 Å². The van der Waals surface area contributed by atoms with Crippen molar-refractivity contribution in [3.63, 3.8) is 0 Å². The van der Waals surface area contributed by atoms with Crippen molar-refractivity contribution in [2.45, 2.75) is 32.6 Å². The first-order chi connectivity index (χ1) is 9.36. The number of aromatic nitrogens is 1. The Labute approximate surface area is 119 Å². The van der Waals surface area contributed by atoms with Crippen LogP contribution in [0.2, 0.25) is 0 Å². The van der Waals surface area contributed by atoms with Gasteiger partial charge in [-0.05, 0) is 12.1 Å². The Balaban J connectivity index is 2.12. The molecule has 0 aliphatic heterocycles. The van der Waals surface area contributed by atoms with E-state index < -0.39 is 11.7 Å². The molecule has 0 aliphatic rings. The third kappa shape index (κ3) is 3.80. The van der Waals surface area contributed by atoms with E-state index in [2.05, 4.69) is 24.1 Å². The van der Waals surface area contributed by atoms with Crippen molar-refractivity contribution in [1.29, 1.82) is 0 Å². The normalized spacial score (nSPS) is 12.1. The second kappa shape index (κ2) is 5.93. The molecule has 1 N–H and O–H groups in total. The Morgan fingerprint density at radius 3 is 2.40 bits per heavy atom. The Morgan fingerprint density at radius 1 is 1.20 bits per heavy atom. The van der Waals surface area contributed by atoms with Gasteiger partial charge in [0.1, 0.15) is 5.01 Å². The van der Waals surface area contributed by atoms with Crippen LogP contribution < -0.4 is 5.32 Å². The lowest BCUT2D eigenvalue weighted by atomic mass is 10.1. The molecule has 0 spiro atoms. The van der Waals surface area contributed by atoms with E-state index >= 15 is 0 Å². The summed E-state index contributed by atoms with van der Waals surface area (Å²) in [5, 5.41) is 4.01. The Bertz CT molecular complexity index is 559. The second-order valence-electron chi connectivity index (χ2n) is 4.74. The van der Waals surface area contributed by atoms with Crippen LogP contribution in [0.4, 0.5) is 13.2 Å². The number of hydrogen-bond donors (Lipinski definition) is 1. The molecule has 0 atom stereocenters. The number of alkyl halides is 3. The monoisotopic (exact) mass is 300 g/mol. The van der Waals surface area contributed by atoms with E-state index in [1.54, 1.807) is 6.20 Å². The topological polar surface area (TPSA) is 24.9 Å². The van der Waals surface area contributed by atoms with Gasteiger partial charge in [0.05, 0.1) is 5.56 Å². The molecule has 1 aromatic heterocycles. The Hall–Kier alpha value is -1.40. The van der Waals surface area contributed by atoms with Gasteiger partial charge in [-0.25, -0.2) is 4.98 Å². The van der Waals surface area contributed by atoms with E-state index in [-0.39, 0.29) is 0 Å². The van der Waals surface area contributed by atoms with Crippen LogP contribution in [0, 0.1) is 0 Å². The van der Waals surface area contributed by atoms with Crippen molar-refractivity contribution in [3.05, 3.63) is 40.9 Å². The van der Waals surface area contributed by atoms with Gasteiger partial charge in [0, 0.05) is 29.2 Å². The molecule has 1 aromatic carbocycles. The average molecular weight is 300 g/mol. The number of benzene rings is 1. The highest BCUT2D eigenvalue weighted by Gasteiger charge is 2.30. The molecule has 0 saturated heterocycles. The van der Waals surface area contributed by atoms with Crippen LogP contribution >= 0.6 is 11.3 Å². The highest BCUT2D eigenvalue weighted by molar-refractivity contribution is 7.15. The van der Waals surface area contributed by atoms with E-state index in [1.165, 1.54) is 23.5 Å². The number of rotatable bonds is 4. The summed E-state index contributed by atoms with van der Waals surface area (Å²) in [6.07, 6.45) is -2.54. The lowest BCUT2D eigenvalue weighted by molar-refractivity contribution is -0.137. The molecular formula is C14H15F3N2S. The third-order valence-electron chi connectivity index (χ3n) is 2.70. The van der Waals surface area contributed by atoms with Crippen molar-refractivity contribution in [2.75, 3.05) is 0 Å². The Morgan fingerprint density at radius 2 is 1.85 bits per heavy atom. The zero-order chi connectivity index (χ0) is 14.8. The fourth-order valence-corrected chi connectivity index (χ4v) is 2.50. The predicted molar refractivity (Wildman–Crippen MR) is 74.5 cm³/mol. The van der Waals surface area contributed by atoms with Gasteiger partial charge in [-0.15, -0.1) is 11.3 Å². The third-order valence-corrected chi connectivity index (χ3v) is 3.74. The first-order valence-corrected chi connectivity index (χ1v) is 7.03. The van der Waals surface area contributed by atoms with E-state index in [1.807, 2.05) is 0 Å². The van der Waals surface area contributed by atoms with Gasteiger partial charge >= 0.3 is 6.18 Å². The summed E-state index contributed by atoms with van der Waals surface area (Å²) in [5.41, 5.74) is 0.0679. The van der Waals surface area contributed by atoms with E-state index in [0.29, 0.717) is 11.6 Å². The van der Waals surface area contributed by atoms with Crippen molar-refractivity contribution < 1.29 is 13.2 Å². The smallest absolute Gasteiger partial charge is 0.310 e. The molecular weight excluding hydrogens is 285 g/mol. The summed E-state index contributed by atoms with van der Waals surface area (Å²) < 4.78 is 37.4. The maximum atomic E-state index is 12.5. The van der Waals surface area contributed by atoms with Crippen LogP contribution in [0.3, 0.4) is 0 Å². The fourth-order valence-electron chi connectivity index (χ4n) is 1.63. The van der Waals surface area contributed by atoms with Crippen LogP contribution in [0.1, 0.15) is 24.3 Å². The molecule has 0 aliphatic carbocycles. The molecule has 2 aromatic rings. The SMILES string of the molecule is CC(C)NCc1cnc(-c2ccc(C(F)(F)F)cc2)s1. The molecule has 6 heteroatoms. The average Bonchev–Trinajstić information content (AvgIpc) is 2.84. The number of hydrogen-bond acceptors (Lipinski definition) is 3. The minimum absolute atomic E-state index is 0.381. The number of nitrogens with one attached hydrogen (secondary N) is 1. The molecule has 2 nitrogen and oxygen atoms in total. The molecule has 0 saturated carbocycles. The fraction of sp³-hybridized carbons (Fsp3) is 0.357. The van der Waals surface area contributed by atoms with Crippen LogP contribution in [0.5, 0.6) is 0 Å². The van der Waals surface area contributed by atoms with Crippen molar-refractivity contribution in [1.82, 2.24) is 10.3 Å². The van der Waals surface area contributed by atoms with Crippen LogP contribution in [0.15, 0.2) is 30.5 Å². The summed E-state index contributed by atoms with van der Waals surface area (Å²) >= 11 is 1.49. The maximum Gasteiger partial charge on any atom is 0.416 e. The molecule has 0 amide bonds. The first-order valence-electron chi connectivity index (χ1n) is 6.22. The molecule has 0 bridgehead atoms. The minimum atomic E-state index is -4.30. The number of nitrogens with zero attached hydrogens (tertiary/aromatic N) is 1. The molecule has 0 radical (unpaired) electrons. The van der Waals surface area contributed by atoms with Crippen molar-refractivity contribution in [3.8, 4) is 10.6 Å². The van der Waals surface area contributed by atoms with Gasteiger partial charge in [-0.3, -0.25) is 0 Å². The summed E-state index contributed by atoms with van der Waals surface area (Å²) in [6.45, 7) is 4.82. The summed E-state index contributed by atoms with van der Waals surface area (Å²) in [7, 11) is 0. The minimum Gasteiger partial charge on any atom is -0.310 e. The summed E-state index contributed by atoms with van der Waals surface area (Å²) in [6, 6.07) is 5.47. The summed E-state index contributed by atoms with van der Waals surface area (Å²) in [5.74, 6) is 0. The lowest BCUT2D eigenvalue weighted by Crippen LogP contribution is -2.21. The molecule has 0 fully saturated rings. The van der Waals surface area contributed by atoms with Crippen LogP contribution in [0.25, 0.3) is 10.6 Å². The van der Waals surface area contributed by atoms with Crippen LogP contribution in [-0.2, 0) is 12.7 Å². The zero-order valence-corrected chi connectivity index (χ0v) is 12.0. The highest BCUT2D eigenvalue weighted by atomic mass is 32.1. The Kier molecular flexibility index (Phi) is 4.45. The standard InChI is InChI=1S/C14H15F3N2S/c1-9(2)18-7-12-8-19-13(20-12)10-3-5-11(6-4-10)14(15,16)17/h3-6,8-9,18H,7H2,1-2H3. The van der Waals surface area contributed by atoms with Gasteiger partial charge in [0.15, 0.2) is 0 Å². The largest absolute Gasteiger partial charge is 0.416 e. The zero-order valence-electron chi connectivity index (χ0n) is 11.2. The number of halogens is 3. The van der Waals surface area contributed by atoms with Gasteiger partial charge in [0.25, 0.3) is 0 Å². The maximum absolute atomic E-state index is 12.5. The molecule has 1 heterocycles. The molecule has 2 rings (SSSR count). The second-order valence-corrected chi connectivity index (χ2v) is 5.86. The van der Waals surface area contributed by atoms with Crippen molar-refractivity contribution >= 4 is 11.3 Å². The number of thiazole rings is 1. The highest BCUT2D eigenvalue weighted by Crippen LogP contribution is 2.32. The lowest BCUT2D eigenvalue weighted by Gasteiger charge is -2.06. The van der Waals surface area contributed by atoms with Gasteiger partial charge in [-0.1, -0.05) is 26.0 Å². The first kappa shape index (κ1) is 15.0. The molecule has 108 valence electrons. The van der Waals surface area contributed by atoms with Crippen molar-refractivity contribution in [2.24, 2.45) is 0 Å². The summed E-state index contributed by atoms with van der Waals surface area (Å²) in [4.78, 5) is 5.32. The van der Waals surface area contributed by atoms with E-state index in [0.717, 1.165) is 28.6 Å². The van der Waals surface area contributed by atoms with E-state index in [4.69, 9.17) is 0 Å². The quantitative estimate of drug-likeness (QED) is 0.909. The van der Waals surface area contributed by atoms with E-state index in [9.17, 15) is 13.2 Å². The molecule has 20 heavy (non-hydrogen) atoms. The van der Waals surface area contributed by atoms with Gasteiger partial charge < -0.3 is 5.32 Å². The molecule has 0 unspecified atom stereocenters. The van der Waals surface area contributed by atoms with Gasteiger partial charge in [-0.2, -0.15) is 13.2 Å². The van der Waals surface area contributed by atoms with Crippen LogP contribution in [-0.4, -0.2) is 11.0 Å². The predicted octanol–water partition coefficient (Wildman–Crippen LogP) is 4.33.